The lowest BCUT2D eigenvalue weighted by atomic mass is 9.71. The van der Waals surface area contributed by atoms with E-state index in [0.29, 0.717) is 0 Å². The molecule has 0 heterocycles. The Hall–Kier alpha value is -0.0800. The molecule has 2 N–H and O–H groups in total. The third-order valence-corrected chi connectivity index (χ3v) is 10.1. The molecule has 4 fully saturated rings. The molecule has 0 aromatic carbocycles. The molecule has 0 aliphatic heterocycles. The van der Waals surface area contributed by atoms with Crippen LogP contribution in [0.25, 0.3) is 0 Å². The van der Waals surface area contributed by atoms with Crippen LogP contribution >= 0.6 is 0 Å². The first-order valence-corrected chi connectivity index (χ1v) is 14.5. The van der Waals surface area contributed by atoms with Crippen molar-refractivity contribution in [3.05, 3.63) is 0 Å². The van der Waals surface area contributed by atoms with E-state index in [2.05, 4.69) is 38.3 Å². The van der Waals surface area contributed by atoms with E-state index in [1.807, 2.05) is 0 Å². The Kier molecular flexibility index (Phi) is 8.82. The lowest BCUT2D eigenvalue weighted by Gasteiger charge is -2.44. The molecule has 2 nitrogen and oxygen atoms in total. The molecule has 31 heavy (non-hydrogen) atoms. The Bertz CT molecular complexity index is 487. The maximum atomic E-state index is 4.26. The molecule has 0 amide bonds. The molecule has 4 aliphatic rings. The van der Waals surface area contributed by atoms with Crippen LogP contribution in [0.5, 0.6) is 0 Å². The van der Waals surface area contributed by atoms with Crippen LogP contribution in [0.4, 0.5) is 0 Å². The Morgan fingerprint density at radius 1 is 0.484 bits per heavy atom. The van der Waals surface area contributed by atoms with E-state index in [-0.39, 0.29) is 0 Å². The van der Waals surface area contributed by atoms with Crippen LogP contribution in [0.3, 0.4) is 0 Å². The minimum absolute atomic E-state index is 0.784. The lowest BCUT2D eigenvalue weighted by molar-refractivity contribution is 0.122. The van der Waals surface area contributed by atoms with Gasteiger partial charge in [-0.2, -0.15) is 0 Å². The Labute approximate surface area is 194 Å². The molecule has 10 atom stereocenters. The normalized spacial score (nSPS) is 47.2. The van der Waals surface area contributed by atoms with Gasteiger partial charge < -0.3 is 10.6 Å². The fraction of sp³-hybridized carbons (Fsp3) is 1.00. The van der Waals surface area contributed by atoms with Crippen molar-refractivity contribution in [3.8, 4) is 0 Å². The number of hydrogen-bond acceptors (Lipinski definition) is 2. The SMILES string of the molecule is CC1CCC(NC2CCCCC2CC2CCCCC2NC2CCC(C)CC2C)C(C)C1. The molecule has 0 radical (unpaired) electrons. The van der Waals surface area contributed by atoms with Gasteiger partial charge in [-0.25, -0.2) is 0 Å². The van der Waals surface area contributed by atoms with E-state index in [9.17, 15) is 0 Å². The second-order valence-electron chi connectivity index (χ2n) is 12.9. The summed E-state index contributed by atoms with van der Waals surface area (Å²) in [4.78, 5) is 0. The van der Waals surface area contributed by atoms with Crippen LogP contribution in [0.1, 0.15) is 124 Å². The largest absolute Gasteiger partial charge is 0.311 e. The molecule has 4 rings (SSSR count). The molecule has 10 unspecified atom stereocenters. The number of rotatable bonds is 6. The topological polar surface area (TPSA) is 24.1 Å². The summed E-state index contributed by atoms with van der Waals surface area (Å²) in [5, 5.41) is 8.51. The van der Waals surface area contributed by atoms with Gasteiger partial charge in [0.25, 0.3) is 0 Å². The second kappa shape index (κ2) is 11.4. The summed E-state index contributed by atoms with van der Waals surface area (Å²) in [5.41, 5.74) is 0. The zero-order valence-electron chi connectivity index (χ0n) is 21.4. The summed E-state index contributed by atoms with van der Waals surface area (Å²) in [6, 6.07) is 3.16. The monoisotopic (exact) mass is 430 g/mol. The third-order valence-electron chi connectivity index (χ3n) is 10.1. The van der Waals surface area contributed by atoms with Gasteiger partial charge in [0.1, 0.15) is 0 Å². The molecular formula is C29H54N2. The lowest BCUT2D eigenvalue weighted by Crippen LogP contribution is -2.51. The third kappa shape index (κ3) is 6.50. The molecule has 0 bridgehead atoms. The van der Waals surface area contributed by atoms with E-state index in [0.717, 1.165) is 59.7 Å². The predicted molar refractivity (Wildman–Crippen MR) is 134 cm³/mol. The first-order chi connectivity index (χ1) is 15.0. The molecule has 180 valence electrons. The smallest absolute Gasteiger partial charge is 0.00981 e. The predicted octanol–water partition coefficient (Wildman–Crippen LogP) is 7.32. The first kappa shape index (κ1) is 24.1. The average Bonchev–Trinajstić information content (AvgIpc) is 2.74. The Morgan fingerprint density at radius 2 is 0.903 bits per heavy atom. The van der Waals surface area contributed by atoms with E-state index < -0.39 is 0 Å². The van der Waals surface area contributed by atoms with Gasteiger partial charge in [0.15, 0.2) is 0 Å². The summed E-state index contributed by atoms with van der Waals surface area (Å²) >= 11 is 0. The van der Waals surface area contributed by atoms with Crippen LogP contribution in [-0.4, -0.2) is 24.2 Å². The highest BCUT2D eigenvalue weighted by Gasteiger charge is 2.36. The molecule has 4 aliphatic carbocycles. The van der Waals surface area contributed by atoms with Crippen molar-refractivity contribution in [3.63, 3.8) is 0 Å². The molecule has 0 aromatic heterocycles. The summed E-state index contributed by atoms with van der Waals surface area (Å²) in [6.45, 7) is 9.94. The minimum Gasteiger partial charge on any atom is -0.311 e. The van der Waals surface area contributed by atoms with E-state index in [1.54, 1.807) is 0 Å². The first-order valence-electron chi connectivity index (χ1n) is 14.5. The van der Waals surface area contributed by atoms with Gasteiger partial charge in [0.2, 0.25) is 0 Å². The molecule has 2 heteroatoms. The van der Waals surface area contributed by atoms with E-state index in [1.165, 1.54) is 96.3 Å². The highest BCUT2D eigenvalue weighted by atomic mass is 15.0. The van der Waals surface area contributed by atoms with Crippen molar-refractivity contribution in [2.75, 3.05) is 0 Å². The summed E-state index contributed by atoms with van der Waals surface area (Å²) in [6.07, 6.45) is 21.8. The maximum absolute atomic E-state index is 4.26. The van der Waals surface area contributed by atoms with Crippen LogP contribution < -0.4 is 10.6 Å². The molecular weight excluding hydrogens is 376 g/mol. The van der Waals surface area contributed by atoms with Gasteiger partial charge in [-0.15, -0.1) is 0 Å². The maximum Gasteiger partial charge on any atom is 0.00981 e. The Balaban J connectivity index is 1.34. The fourth-order valence-electron chi connectivity index (χ4n) is 8.18. The van der Waals surface area contributed by atoms with E-state index >= 15 is 0 Å². The quantitative estimate of drug-likeness (QED) is 0.461. The van der Waals surface area contributed by atoms with Crippen molar-refractivity contribution in [1.29, 1.82) is 0 Å². The average molecular weight is 431 g/mol. The summed E-state index contributed by atoms with van der Waals surface area (Å²) < 4.78 is 0. The second-order valence-corrected chi connectivity index (χ2v) is 12.9. The zero-order chi connectivity index (χ0) is 21.8. The van der Waals surface area contributed by atoms with Gasteiger partial charge in [-0.3, -0.25) is 0 Å². The molecule has 0 saturated heterocycles. The van der Waals surface area contributed by atoms with Crippen molar-refractivity contribution in [1.82, 2.24) is 10.6 Å². The van der Waals surface area contributed by atoms with Crippen molar-refractivity contribution < 1.29 is 0 Å². The van der Waals surface area contributed by atoms with Crippen LogP contribution in [0.15, 0.2) is 0 Å². The van der Waals surface area contributed by atoms with Crippen molar-refractivity contribution >= 4 is 0 Å². The summed E-state index contributed by atoms with van der Waals surface area (Å²) in [5.74, 6) is 5.47. The highest BCUT2D eigenvalue weighted by Crippen LogP contribution is 2.38. The molecule has 0 spiro atoms. The van der Waals surface area contributed by atoms with Gasteiger partial charge in [-0.05, 0) is 106 Å². The van der Waals surface area contributed by atoms with Gasteiger partial charge in [-0.1, -0.05) is 53.4 Å². The van der Waals surface area contributed by atoms with Gasteiger partial charge >= 0.3 is 0 Å². The fourth-order valence-corrected chi connectivity index (χ4v) is 8.18. The number of hydrogen-bond donors (Lipinski definition) is 2. The Morgan fingerprint density at radius 3 is 1.32 bits per heavy atom. The van der Waals surface area contributed by atoms with E-state index in [4.69, 9.17) is 0 Å². The zero-order valence-corrected chi connectivity index (χ0v) is 21.4. The van der Waals surface area contributed by atoms with Crippen molar-refractivity contribution in [2.24, 2.45) is 35.5 Å². The van der Waals surface area contributed by atoms with Crippen LogP contribution in [-0.2, 0) is 0 Å². The van der Waals surface area contributed by atoms with Crippen molar-refractivity contribution in [2.45, 2.75) is 148 Å². The van der Waals surface area contributed by atoms with Gasteiger partial charge in [0, 0.05) is 24.2 Å². The highest BCUT2D eigenvalue weighted by molar-refractivity contribution is 4.93. The number of nitrogens with one attached hydrogen (secondary N) is 2. The minimum atomic E-state index is 0.784. The van der Waals surface area contributed by atoms with Gasteiger partial charge in [0.05, 0.1) is 0 Å². The molecule has 0 aromatic rings. The van der Waals surface area contributed by atoms with Crippen LogP contribution in [0.2, 0.25) is 0 Å². The summed E-state index contributed by atoms with van der Waals surface area (Å²) in [7, 11) is 0. The molecule has 4 saturated carbocycles. The standard InChI is InChI=1S/C29H54N2/c1-20-13-15-26(22(3)17-20)30-28-11-7-5-9-24(28)19-25-10-6-8-12-29(25)31-27-16-14-21(2)18-23(27)4/h20-31H,5-19H2,1-4H3. The van der Waals surface area contributed by atoms with Crippen LogP contribution in [0, 0.1) is 35.5 Å².